The molecule has 0 radical (unpaired) electrons. The van der Waals surface area contributed by atoms with Gasteiger partial charge in [-0.1, -0.05) is 12.1 Å². The van der Waals surface area contributed by atoms with E-state index in [9.17, 15) is 22.4 Å². The van der Waals surface area contributed by atoms with Gasteiger partial charge in [0.05, 0.1) is 19.3 Å². The smallest absolute Gasteiger partial charge is 0.306 e. The first-order valence-electron chi connectivity index (χ1n) is 5.40. The number of carbonyl (C=O) groups is 2. The second-order valence-corrected chi connectivity index (χ2v) is 6.04. The lowest BCUT2D eigenvalue weighted by Crippen LogP contribution is -2.21. The summed E-state index contributed by atoms with van der Waals surface area (Å²) in [6, 6.07) is 4.78. The molecule has 0 unspecified atom stereocenters. The van der Waals surface area contributed by atoms with Gasteiger partial charge in [0.2, 0.25) is 0 Å². The average Bonchev–Trinajstić information content (AvgIpc) is 2.35. The Bertz CT molecular complexity index is 580. The molecule has 1 aromatic carbocycles. The van der Waals surface area contributed by atoms with Crippen LogP contribution in [0.1, 0.15) is 16.8 Å². The Kier molecular flexibility index (Phi) is 5.17. The van der Waals surface area contributed by atoms with Crippen LogP contribution in [-0.2, 0) is 19.4 Å². The summed E-state index contributed by atoms with van der Waals surface area (Å²) in [5.74, 6) is -3.21. The van der Waals surface area contributed by atoms with Gasteiger partial charge >= 0.3 is 5.97 Å². The first-order valence-corrected chi connectivity index (χ1v) is 7.22. The van der Waals surface area contributed by atoms with Crippen LogP contribution >= 0.6 is 0 Å². The largest absolute Gasteiger partial charge is 0.469 e. The topological polar surface area (TPSA) is 77.5 Å². The van der Waals surface area contributed by atoms with Crippen LogP contribution in [0, 0.1) is 5.82 Å². The number of ether oxygens (including phenoxy) is 1. The number of Topliss-reactive ketones (excluding diaryl/α,β-unsaturated/α-hetero) is 1. The van der Waals surface area contributed by atoms with E-state index in [1.807, 2.05) is 0 Å². The summed E-state index contributed by atoms with van der Waals surface area (Å²) in [5.41, 5.74) is -0.0124. The predicted octanol–water partition coefficient (Wildman–Crippen LogP) is 0.986. The van der Waals surface area contributed by atoms with Gasteiger partial charge < -0.3 is 4.74 Å². The standard InChI is InChI=1S/C12H13FO5S/c1-18-12(15)5-6-19(16,17)8-11(14)9-3-2-4-10(13)7-9/h2-4,7H,5-6,8H2,1H3. The molecule has 104 valence electrons. The maximum atomic E-state index is 12.9. The molecule has 0 aliphatic heterocycles. The number of rotatable bonds is 6. The number of esters is 1. The van der Waals surface area contributed by atoms with Gasteiger partial charge in [-0.25, -0.2) is 12.8 Å². The van der Waals surface area contributed by atoms with E-state index >= 15 is 0 Å². The Morgan fingerprint density at radius 3 is 2.58 bits per heavy atom. The van der Waals surface area contributed by atoms with Crippen molar-refractivity contribution in [2.24, 2.45) is 0 Å². The molecule has 0 fully saturated rings. The van der Waals surface area contributed by atoms with E-state index in [0.717, 1.165) is 19.2 Å². The maximum Gasteiger partial charge on any atom is 0.306 e. The number of benzene rings is 1. The average molecular weight is 288 g/mol. The van der Waals surface area contributed by atoms with Crippen molar-refractivity contribution in [3.8, 4) is 0 Å². The molecule has 0 aliphatic rings. The number of halogens is 1. The molecule has 0 N–H and O–H groups in total. The zero-order valence-electron chi connectivity index (χ0n) is 10.3. The van der Waals surface area contributed by atoms with Crippen molar-refractivity contribution in [2.45, 2.75) is 6.42 Å². The molecule has 0 amide bonds. The summed E-state index contributed by atoms with van der Waals surface area (Å²) < 4.78 is 40.4. The number of sulfone groups is 1. The van der Waals surface area contributed by atoms with Gasteiger partial charge in [-0.05, 0) is 12.1 Å². The third-order valence-electron chi connectivity index (χ3n) is 2.34. The molecule has 19 heavy (non-hydrogen) atoms. The molecule has 0 saturated heterocycles. The zero-order chi connectivity index (χ0) is 14.5. The van der Waals surface area contributed by atoms with E-state index in [2.05, 4.69) is 4.74 Å². The summed E-state index contributed by atoms with van der Waals surface area (Å²) in [5, 5.41) is 0. The highest BCUT2D eigenvalue weighted by Gasteiger charge is 2.19. The van der Waals surface area contributed by atoms with Gasteiger partial charge in [0.15, 0.2) is 15.6 Å². The molecule has 0 heterocycles. The molecule has 7 heteroatoms. The van der Waals surface area contributed by atoms with Gasteiger partial charge in [0.25, 0.3) is 0 Å². The summed E-state index contributed by atoms with van der Waals surface area (Å²) in [6.45, 7) is 0. The third kappa shape index (κ3) is 5.17. The Hall–Kier alpha value is -1.76. The van der Waals surface area contributed by atoms with Crippen molar-refractivity contribution in [3.63, 3.8) is 0 Å². The molecular formula is C12H13FO5S. The van der Waals surface area contributed by atoms with Crippen LogP contribution in [0.25, 0.3) is 0 Å². The van der Waals surface area contributed by atoms with Crippen molar-refractivity contribution in [1.82, 2.24) is 0 Å². The van der Waals surface area contributed by atoms with E-state index in [0.29, 0.717) is 0 Å². The highest BCUT2D eigenvalue weighted by Crippen LogP contribution is 2.07. The van der Waals surface area contributed by atoms with Gasteiger partial charge in [0, 0.05) is 5.56 Å². The predicted molar refractivity (Wildman–Crippen MR) is 66.0 cm³/mol. The first kappa shape index (κ1) is 15.3. The molecule has 0 atom stereocenters. The second kappa shape index (κ2) is 6.42. The van der Waals surface area contributed by atoms with Crippen LogP contribution in [0.4, 0.5) is 4.39 Å². The quantitative estimate of drug-likeness (QED) is 0.576. The van der Waals surface area contributed by atoms with Crippen LogP contribution in [-0.4, -0.2) is 38.8 Å². The Morgan fingerprint density at radius 2 is 2.00 bits per heavy atom. The van der Waals surface area contributed by atoms with Crippen molar-refractivity contribution < 1.29 is 27.1 Å². The Morgan fingerprint density at radius 1 is 1.32 bits per heavy atom. The minimum Gasteiger partial charge on any atom is -0.469 e. The molecule has 1 aromatic rings. The minimum absolute atomic E-state index is 0.0124. The highest BCUT2D eigenvalue weighted by molar-refractivity contribution is 7.92. The van der Waals surface area contributed by atoms with E-state index in [1.165, 1.54) is 12.1 Å². The van der Waals surface area contributed by atoms with E-state index in [1.54, 1.807) is 0 Å². The molecule has 1 rings (SSSR count). The third-order valence-corrected chi connectivity index (χ3v) is 3.87. The minimum atomic E-state index is -3.72. The lowest BCUT2D eigenvalue weighted by molar-refractivity contribution is -0.140. The lowest BCUT2D eigenvalue weighted by atomic mass is 10.1. The Balaban J connectivity index is 2.68. The van der Waals surface area contributed by atoms with Gasteiger partial charge in [-0.15, -0.1) is 0 Å². The number of hydrogen-bond acceptors (Lipinski definition) is 5. The van der Waals surface area contributed by atoms with Gasteiger partial charge in [-0.3, -0.25) is 9.59 Å². The summed E-state index contributed by atoms with van der Waals surface area (Å²) in [6.07, 6.45) is -0.310. The number of ketones is 1. The van der Waals surface area contributed by atoms with Crippen LogP contribution in [0.3, 0.4) is 0 Å². The monoisotopic (exact) mass is 288 g/mol. The summed E-state index contributed by atoms with van der Waals surface area (Å²) >= 11 is 0. The SMILES string of the molecule is COC(=O)CCS(=O)(=O)CC(=O)c1cccc(F)c1. The molecule has 5 nitrogen and oxygen atoms in total. The number of hydrogen-bond donors (Lipinski definition) is 0. The maximum absolute atomic E-state index is 12.9. The van der Waals surface area contributed by atoms with Crippen LogP contribution < -0.4 is 0 Å². The van der Waals surface area contributed by atoms with Crippen LogP contribution in [0.5, 0.6) is 0 Å². The Labute approximate surface area is 110 Å². The summed E-state index contributed by atoms with van der Waals surface area (Å²) in [4.78, 5) is 22.5. The van der Waals surface area contributed by atoms with Crippen molar-refractivity contribution in [1.29, 1.82) is 0 Å². The molecule has 0 aliphatic carbocycles. The molecule has 0 saturated carbocycles. The fourth-order valence-corrected chi connectivity index (χ4v) is 2.55. The normalized spacial score (nSPS) is 11.1. The van der Waals surface area contributed by atoms with Crippen LogP contribution in [0.2, 0.25) is 0 Å². The lowest BCUT2D eigenvalue weighted by Gasteiger charge is -2.03. The first-order chi connectivity index (χ1) is 8.84. The van der Waals surface area contributed by atoms with Crippen LogP contribution in [0.15, 0.2) is 24.3 Å². The molecule has 0 bridgehead atoms. The molecule has 0 aromatic heterocycles. The summed E-state index contributed by atoms with van der Waals surface area (Å²) in [7, 11) is -2.57. The molecule has 0 spiro atoms. The van der Waals surface area contributed by atoms with Crippen molar-refractivity contribution in [2.75, 3.05) is 18.6 Å². The number of carbonyl (C=O) groups excluding carboxylic acids is 2. The van der Waals surface area contributed by atoms with Crippen molar-refractivity contribution in [3.05, 3.63) is 35.6 Å². The fraction of sp³-hybridized carbons (Fsp3) is 0.333. The van der Waals surface area contributed by atoms with E-state index in [-0.39, 0.29) is 12.0 Å². The van der Waals surface area contributed by atoms with E-state index in [4.69, 9.17) is 0 Å². The fourth-order valence-electron chi connectivity index (χ4n) is 1.36. The second-order valence-electron chi connectivity index (χ2n) is 3.85. The van der Waals surface area contributed by atoms with Gasteiger partial charge in [-0.2, -0.15) is 0 Å². The van der Waals surface area contributed by atoms with E-state index < -0.39 is 38.9 Å². The van der Waals surface area contributed by atoms with Gasteiger partial charge in [0.1, 0.15) is 11.6 Å². The van der Waals surface area contributed by atoms with Crippen molar-refractivity contribution >= 4 is 21.6 Å². The highest BCUT2D eigenvalue weighted by atomic mass is 32.2. The number of methoxy groups -OCH3 is 1. The molecular weight excluding hydrogens is 275 g/mol. The zero-order valence-corrected chi connectivity index (χ0v) is 11.1.